The average molecular weight is 260 g/mol. The SMILES string of the molecule is COc1ccc(NCCc2ccc(F)cc2)c(N)c1. The molecule has 0 saturated heterocycles. The molecule has 3 N–H and O–H groups in total. The molecule has 0 fully saturated rings. The molecule has 0 atom stereocenters. The fourth-order valence-electron chi connectivity index (χ4n) is 1.82. The number of anilines is 2. The summed E-state index contributed by atoms with van der Waals surface area (Å²) in [5.41, 5.74) is 8.52. The second kappa shape index (κ2) is 6.09. The molecule has 100 valence electrons. The summed E-state index contributed by atoms with van der Waals surface area (Å²) in [6, 6.07) is 12.0. The van der Waals surface area contributed by atoms with Crippen molar-refractivity contribution in [2.24, 2.45) is 0 Å². The van der Waals surface area contributed by atoms with Gasteiger partial charge in [0.05, 0.1) is 18.5 Å². The van der Waals surface area contributed by atoms with Crippen LogP contribution in [0.4, 0.5) is 15.8 Å². The van der Waals surface area contributed by atoms with E-state index in [9.17, 15) is 4.39 Å². The Balaban J connectivity index is 1.90. The molecule has 19 heavy (non-hydrogen) atoms. The van der Waals surface area contributed by atoms with E-state index in [1.54, 1.807) is 25.3 Å². The van der Waals surface area contributed by atoms with Gasteiger partial charge in [0, 0.05) is 12.6 Å². The highest BCUT2D eigenvalue weighted by molar-refractivity contribution is 5.68. The van der Waals surface area contributed by atoms with Crippen LogP contribution in [0.25, 0.3) is 0 Å². The van der Waals surface area contributed by atoms with Crippen molar-refractivity contribution in [1.29, 1.82) is 0 Å². The highest BCUT2D eigenvalue weighted by atomic mass is 19.1. The normalized spacial score (nSPS) is 10.2. The standard InChI is InChI=1S/C15H17FN2O/c1-19-13-6-7-15(14(17)10-13)18-9-8-11-2-4-12(16)5-3-11/h2-7,10,18H,8-9,17H2,1H3. The van der Waals surface area contributed by atoms with Crippen LogP contribution in [0.5, 0.6) is 5.75 Å². The molecule has 2 rings (SSSR count). The van der Waals surface area contributed by atoms with E-state index >= 15 is 0 Å². The number of ether oxygens (including phenoxy) is 1. The van der Waals surface area contributed by atoms with E-state index in [4.69, 9.17) is 10.5 Å². The summed E-state index contributed by atoms with van der Waals surface area (Å²) >= 11 is 0. The van der Waals surface area contributed by atoms with Gasteiger partial charge in [0.25, 0.3) is 0 Å². The first-order valence-corrected chi connectivity index (χ1v) is 6.11. The lowest BCUT2D eigenvalue weighted by atomic mass is 10.1. The van der Waals surface area contributed by atoms with Crippen molar-refractivity contribution in [3.05, 3.63) is 53.8 Å². The van der Waals surface area contributed by atoms with Crippen LogP contribution in [0.1, 0.15) is 5.56 Å². The molecule has 0 aromatic heterocycles. The largest absolute Gasteiger partial charge is 0.497 e. The van der Waals surface area contributed by atoms with Gasteiger partial charge >= 0.3 is 0 Å². The number of rotatable bonds is 5. The van der Waals surface area contributed by atoms with Crippen LogP contribution in [0, 0.1) is 5.82 Å². The fraction of sp³-hybridized carbons (Fsp3) is 0.200. The van der Waals surface area contributed by atoms with Gasteiger partial charge in [0.1, 0.15) is 11.6 Å². The van der Waals surface area contributed by atoms with Gasteiger partial charge in [0.15, 0.2) is 0 Å². The van der Waals surface area contributed by atoms with Gasteiger partial charge in [-0.1, -0.05) is 12.1 Å². The number of nitrogens with one attached hydrogen (secondary N) is 1. The Kier molecular flexibility index (Phi) is 4.23. The lowest BCUT2D eigenvalue weighted by Gasteiger charge is -2.10. The minimum absolute atomic E-state index is 0.212. The van der Waals surface area contributed by atoms with Crippen LogP contribution in [0.3, 0.4) is 0 Å². The molecule has 0 heterocycles. The zero-order valence-corrected chi connectivity index (χ0v) is 10.8. The van der Waals surface area contributed by atoms with Crippen LogP contribution in [-0.2, 0) is 6.42 Å². The van der Waals surface area contributed by atoms with Crippen LogP contribution in [0.2, 0.25) is 0 Å². The van der Waals surface area contributed by atoms with Crippen molar-refractivity contribution in [1.82, 2.24) is 0 Å². The third-order valence-electron chi connectivity index (χ3n) is 2.90. The van der Waals surface area contributed by atoms with Crippen molar-refractivity contribution in [3.63, 3.8) is 0 Å². The summed E-state index contributed by atoms with van der Waals surface area (Å²) in [5.74, 6) is 0.526. The Morgan fingerprint density at radius 2 is 1.89 bits per heavy atom. The summed E-state index contributed by atoms with van der Waals surface area (Å²) < 4.78 is 17.8. The lowest BCUT2D eigenvalue weighted by Crippen LogP contribution is -2.07. The number of nitrogens with two attached hydrogens (primary N) is 1. The first-order chi connectivity index (χ1) is 9.19. The maximum atomic E-state index is 12.8. The van der Waals surface area contributed by atoms with Crippen molar-refractivity contribution in [3.8, 4) is 5.75 Å². The molecule has 0 spiro atoms. The van der Waals surface area contributed by atoms with E-state index in [0.29, 0.717) is 5.69 Å². The summed E-state index contributed by atoms with van der Waals surface area (Å²) in [5, 5.41) is 3.25. The monoisotopic (exact) mass is 260 g/mol. The van der Waals surface area contributed by atoms with Crippen molar-refractivity contribution < 1.29 is 9.13 Å². The molecule has 0 aliphatic heterocycles. The Bertz CT molecular complexity index is 540. The van der Waals surface area contributed by atoms with Gasteiger partial charge in [-0.15, -0.1) is 0 Å². The third-order valence-corrected chi connectivity index (χ3v) is 2.90. The van der Waals surface area contributed by atoms with Gasteiger partial charge in [-0.25, -0.2) is 4.39 Å². The molecule has 2 aromatic rings. The number of hydrogen-bond donors (Lipinski definition) is 2. The third kappa shape index (κ3) is 3.61. The van der Waals surface area contributed by atoms with Crippen LogP contribution >= 0.6 is 0 Å². The first-order valence-electron chi connectivity index (χ1n) is 6.11. The molecule has 0 aliphatic rings. The highest BCUT2D eigenvalue weighted by Gasteiger charge is 2.01. The molecule has 0 unspecified atom stereocenters. The lowest BCUT2D eigenvalue weighted by molar-refractivity contribution is 0.415. The molecule has 0 bridgehead atoms. The van der Waals surface area contributed by atoms with E-state index in [2.05, 4.69) is 5.32 Å². The molecule has 4 heteroatoms. The summed E-state index contributed by atoms with van der Waals surface area (Å²) in [7, 11) is 1.61. The van der Waals surface area contributed by atoms with Crippen molar-refractivity contribution >= 4 is 11.4 Å². The van der Waals surface area contributed by atoms with E-state index in [-0.39, 0.29) is 5.82 Å². The topological polar surface area (TPSA) is 47.3 Å². The molecule has 3 nitrogen and oxygen atoms in total. The van der Waals surface area contributed by atoms with Gasteiger partial charge in [-0.05, 0) is 36.2 Å². The second-order valence-electron chi connectivity index (χ2n) is 4.26. The smallest absolute Gasteiger partial charge is 0.123 e. The Labute approximate surface area is 112 Å². The van der Waals surface area contributed by atoms with Gasteiger partial charge in [-0.2, -0.15) is 0 Å². The van der Waals surface area contributed by atoms with E-state index in [0.717, 1.165) is 30.0 Å². The Morgan fingerprint density at radius 1 is 1.16 bits per heavy atom. The van der Waals surface area contributed by atoms with Gasteiger partial charge in [-0.3, -0.25) is 0 Å². The predicted molar refractivity (Wildman–Crippen MR) is 76.0 cm³/mol. The Morgan fingerprint density at radius 3 is 2.53 bits per heavy atom. The maximum Gasteiger partial charge on any atom is 0.123 e. The summed E-state index contributed by atoms with van der Waals surface area (Å²) in [4.78, 5) is 0. The van der Waals surface area contributed by atoms with Crippen molar-refractivity contribution in [2.45, 2.75) is 6.42 Å². The Hall–Kier alpha value is -2.23. The van der Waals surface area contributed by atoms with Crippen molar-refractivity contribution in [2.75, 3.05) is 24.7 Å². The quantitative estimate of drug-likeness (QED) is 0.812. The number of hydrogen-bond acceptors (Lipinski definition) is 3. The molecule has 2 aromatic carbocycles. The average Bonchev–Trinajstić information content (AvgIpc) is 2.42. The maximum absolute atomic E-state index is 12.8. The molecule has 0 amide bonds. The number of halogens is 1. The molecular formula is C15H17FN2O. The minimum Gasteiger partial charge on any atom is -0.497 e. The number of methoxy groups -OCH3 is 1. The van der Waals surface area contributed by atoms with E-state index in [1.165, 1.54) is 12.1 Å². The van der Waals surface area contributed by atoms with Crippen LogP contribution in [-0.4, -0.2) is 13.7 Å². The number of nitrogen functional groups attached to an aromatic ring is 1. The number of benzene rings is 2. The zero-order chi connectivity index (χ0) is 13.7. The van der Waals surface area contributed by atoms with Crippen LogP contribution in [0.15, 0.2) is 42.5 Å². The summed E-state index contributed by atoms with van der Waals surface area (Å²) in [6.07, 6.45) is 0.811. The molecular weight excluding hydrogens is 243 g/mol. The predicted octanol–water partition coefficient (Wildman–Crippen LogP) is 3.07. The molecule has 0 aliphatic carbocycles. The molecule has 0 radical (unpaired) electrons. The van der Waals surface area contributed by atoms with E-state index in [1.807, 2.05) is 12.1 Å². The minimum atomic E-state index is -0.212. The van der Waals surface area contributed by atoms with Gasteiger partial charge in [0.2, 0.25) is 0 Å². The van der Waals surface area contributed by atoms with Gasteiger partial charge < -0.3 is 15.8 Å². The highest BCUT2D eigenvalue weighted by Crippen LogP contribution is 2.23. The van der Waals surface area contributed by atoms with Crippen LogP contribution < -0.4 is 15.8 Å². The summed E-state index contributed by atoms with van der Waals surface area (Å²) in [6.45, 7) is 0.738. The van der Waals surface area contributed by atoms with E-state index < -0.39 is 0 Å². The fourth-order valence-corrected chi connectivity index (χ4v) is 1.82. The zero-order valence-electron chi connectivity index (χ0n) is 10.8. The molecule has 0 saturated carbocycles. The second-order valence-corrected chi connectivity index (χ2v) is 4.26. The first kappa shape index (κ1) is 13.2.